The molecule has 47 heavy (non-hydrogen) atoms. The maximum Gasteiger partial charge on any atom is 0.247 e. The third kappa shape index (κ3) is 8.08. The van der Waals surface area contributed by atoms with Crippen LogP contribution in [0.3, 0.4) is 0 Å². The van der Waals surface area contributed by atoms with Crippen molar-refractivity contribution >= 4 is 72.4 Å². The van der Waals surface area contributed by atoms with Gasteiger partial charge < -0.3 is 20.4 Å². The Morgan fingerprint density at radius 2 is 1.70 bits per heavy atom. The van der Waals surface area contributed by atoms with Gasteiger partial charge in [-0.05, 0) is 59.5 Å². The fourth-order valence-corrected chi connectivity index (χ4v) is 7.54. The Morgan fingerprint density at radius 3 is 2.49 bits per heavy atom. The lowest BCUT2D eigenvalue weighted by Gasteiger charge is -2.34. The standard InChI is InChI=1S/C34H34N4O5S.CH2Cl2/c1-43-27-11-8-12-28(21-27)44(41,42)38-18-7-6-15-32(38)34(40)37-31(20-25-22-35-30-14-5-4-13-29(25)30)33(39)36-26-17-16-23-9-2-3-10-24(23)19-26;2-1-3/h2-5,8-14,16-17,19,21-22,31-32,35H,6-7,15,18,20H2,1H3,(H,36,39)(H,37,40);1H2/t31-,32-;/m0./s1. The number of halogens is 2. The van der Waals surface area contributed by atoms with Crippen molar-refractivity contribution in [2.45, 2.75) is 42.7 Å². The lowest BCUT2D eigenvalue weighted by atomic mass is 10.0. The second-order valence-corrected chi connectivity index (χ2v) is 13.8. The average Bonchev–Trinajstić information content (AvgIpc) is 3.50. The summed E-state index contributed by atoms with van der Waals surface area (Å²) in [6, 6.07) is 25.6. The highest BCUT2D eigenvalue weighted by molar-refractivity contribution is 7.89. The number of amides is 2. The van der Waals surface area contributed by atoms with Gasteiger partial charge in [0.2, 0.25) is 21.8 Å². The Morgan fingerprint density at radius 1 is 0.957 bits per heavy atom. The highest BCUT2D eigenvalue weighted by Crippen LogP contribution is 2.28. The van der Waals surface area contributed by atoms with E-state index in [0.717, 1.165) is 27.2 Å². The number of nitrogens with one attached hydrogen (secondary N) is 3. The number of alkyl halides is 2. The molecule has 0 aliphatic carbocycles. The van der Waals surface area contributed by atoms with Crippen LogP contribution in [0, 0.1) is 0 Å². The minimum absolute atomic E-state index is 0.0564. The van der Waals surface area contributed by atoms with Gasteiger partial charge in [0.05, 0.1) is 17.3 Å². The van der Waals surface area contributed by atoms with E-state index in [1.807, 2.05) is 72.9 Å². The fourth-order valence-electron chi connectivity index (χ4n) is 5.85. The molecular weight excluding hydrogens is 659 g/mol. The number of anilines is 1. The molecule has 1 saturated heterocycles. The van der Waals surface area contributed by atoms with Crippen molar-refractivity contribution in [1.82, 2.24) is 14.6 Å². The number of ether oxygens (including phenoxy) is 1. The lowest BCUT2D eigenvalue weighted by molar-refractivity contribution is -0.129. The maximum absolute atomic E-state index is 13.9. The zero-order chi connectivity index (χ0) is 33.4. The molecule has 0 saturated carbocycles. The number of benzene rings is 4. The molecule has 246 valence electrons. The molecule has 12 heteroatoms. The number of carbonyl (C=O) groups excluding carboxylic acids is 2. The van der Waals surface area contributed by atoms with E-state index >= 15 is 0 Å². The van der Waals surface area contributed by atoms with E-state index in [9.17, 15) is 18.0 Å². The van der Waals surface area contributed by atoms with Crippen LogP contribution in [0.25, 0.3) is 21.7 Å². The van der Waals surface area contributed by atoms with Gasteiger partial charge >= 0.3 is 0 Å². The number of fused-ring (bicyclic) bond motifs is 2. The number of aromatic amines is 1. The second-order valence-electron chi connectivity index (χ2n) is 11.1. The van der Waals surface area contributed by atoms with Crippen molar-refractivity contribution in [3.63, 3.8) is 0 Å². The van der Waals surface area contributed by atoms with Crippen LogP contribution in [-0.2, 0) is 26.0 Å². The van der Waals surface area contributed by atoms with E-state index in [-0.39, 0.29) is 23.2 Å². The molecule has 2 amide bonds. The average molecular weight is 696 g/mol. The maximum atomic E-state index is 13.9. The second kappa shape index (κ2) is 15.7. The van der Waals surface area contributed by atoms with E-state index in [1.54, 1.807) is 12.1 Å². The number of rotatable bonds is 9. The summed E-state index contributed by atoms with van der Waals surface area (Å²) in [6.45, 7) is 0.202. The number of nitrogens with zero attached hydrogens (tertiary/aromatic N) is 1. The number of methoxy groups -OCH3 is 1. The molecular formula is C35H36Cl2N4O5S. The number of sulfonamides is 1. The third-order valence-corrected chi connectivity index (χ3v) is 10.1. The number of H-pyrrole nitrogens is 1. The molecule has 6 rings (SSSR count). The first-order valence-electron chi connectivity index (χ1n) is 15.2. The van der Waals surface area contributed by atoms with Crippen LogP contribution in [0.1, 0.15) is 24.8 Å². The van der Waals surface area contributed by atoms with Crippen LogP contribution < -0.4 is 15.4 Å². The van der Waals surface area contributed by atoms with Crippen molar-refractivity contribution in [2.24, 2.45) is 0 Å². The zero-order valence-corrected chi connectivity index (χ0v) is 28.1. The van der Waals surface area contributed by atoms with Crippen molar-refractivity contribution < 1.29 is 22.7 Å². The minimum Gasteiger partial charge on any atom is -0.497 e. The molecule has 0 spiro atoms. The minimum atomic E-state index is -4.01. The van der Waals surface area contributed by atoms with E-state index < -0.39 is 33.9 Å². The van der Waals surface area contributed by atoms with Crippen LogP contribution >= 0.6 is 23.2 Å². The monoisotopic (exact) mass is 694 g/mol. The summed E-state index contributed by atoms with van der Waals surface area (Å²) in [5, 5.41) is 9.06. The van der Waals surface area contributed by atoms with Gasteiger partial charge in [-0.25, -0.2) is 8.42 Å². The third-order valence-electron chi connectivity index (χ3n) is 8.15. The quantitative estimate of drug-likeness (QED) is 0.149. The highest BCUT2D eigenvalue weighted by atomic mass is 35.5. The molecule has 5 aromatic rings. The molecule has 0 bridgehead atoms. The van der Waals surface area contributed by atoms with Gasteiger partial charge in [0.25, 0.3) is 0 Å². The summed E-state index contributed by atoms with van der Waals surface area (Å²) >= 11 is 9.53. The Hall–Kier alpha value is -4.09. The molecule has 0 unspecified atom stereocenters. The highest BCUT2D eigenvalue weighted by Gasteiger charge is 2.39. The number of hydrogen-bond acceptors (Lipinski definition) is 5. The molecule has 9 nitrogen and oxygen atoms in total. The SMILES string of the molecule is COc1cccc(S(=O)(=O)N2CCCC[C@H]2C(=O)N[C@@H](Cc2c[nH]c3ccccc23)C(=O)Nc2ccc3ccccc3c2)c1.ClCCl. The van der Waals surface area contributed by atoms with Crippen LogP contribution in [0.4, 0.5) is 5.69 Å². The number of piperidine rings is 1. The molecule has 1 aliphatic heterocycles. The predicted octanol–water partition coefficient (Wildman–Crippen LogP) is 6.66. The van der Waals surface area contributed by atoms with Crippen molar-refractivity contribution in [2.75, 3.05) is 24.3 Å². The van der Waals surface area contributed by atoms with E-state index in [0.29, 0.717) is 30.7 Å². The van der Waals surface area contributed by atoms with Crippen LogP contribution in [0.5, 0.6) is 5.75 Å². The molecule has 1 aromatic heterocycles. The van der Waals surface area contributed by atoms with Gasteiger partial charge in [-0.2, -0.15) is 4.31 Å². The molecule has 3 N–H and O–H groups in total. The molecule has 0 radical (unpaired) electrons. The molecule has 1 aliphatic rings. The Bertz CT molecular complexity index is 1970. The fraction of sp³-hybridized carbons (Fsp3) is 0.257. The topological polar surface area (TPSA) is 121 Å². The van der Waals surface area contributed by atoms with Crippen LogP contribution in [-0.4, -0.2) is 60.6 Å². The van der Waals surface area contributed by atoms with Crippen molar-refractivity contribution in [3.8, 4) is 5.75 Å². The summed E-state index contributed by atoms with van der Waals surface area (Å²) < 4.78 is 34.0. The summed E-state index contributed by atoms with van der Waals surface area (Å²) in [5.41, 5.74) is 2.39. The van der Waals surface area contributed by atoms with Gasteiger partial charge in [0.15, 0.2) is 0 Å². The number of carbonyl (C=O) groups is 2. The summed E-state index contributed by atoms with van der Waals surface area (Å²) in [4.78, 5) is 31.0. The number of hydrogen-bond donors (Lipinski definition) is 3. The van der Waals surface area contributed by atoms with E-state index in [1.165, 1.54) is 23.5 Å². The zero-order valence-electron chi connectivity index (χ0n) is 25.8. The van der Waals surface area contributed by atoms with Gasteiger partial charge in [-0.3, -0.25) is 9.59 Å². The van der Waals surface area contributed by atoms with Gasteiger partial charge in [-0.1, -0.05) is 61.0 Å². The predicted molar refractivity (Wildman–Crippen MR) is 188 cm³/mol. The normalized spacial score (nSPS) is 15.8. The number of aromatic nitrogens is 1. The van der Waals surface area contributed by atoms with Crippen molar-refractivity contribution in [1.29, 1.82) is 0 Å². The molecule has 2 heterocycles. The smallest absolute Gasteiger partial charge is 0.247 e. The van der Waals surface area contributed by atoms with Crippen LogP contribution in [0.15, 0.2) is 102 Å². The summed E-state index contributed by atoms with van der Waals surface area (Å²) in [6.07, 6.45) is 3.73. The lowest BCUT2D eigenvalue weighted by Crippen LogP contribution is -2.56. The Kier molecular flexibility index (Phi) is 11.4. The van der Waals surface area contributed by atoms with Crippen LogP contribution in [0.2, 0.25) is 0 Å². The van der Waals surface area contributed by atoms with E-state index in [4.69, 9.17) is 27.9 Å². The molecule has 4 aromatic carbocycles. The first-order chi connectivity index (χ1) is 22.7. The summed E-state index contributed by atoms with van der Waals surface area (Å²) in [7, 11) is -2.53. The van der Waals surface area contributed by atoms with Crippen molar-refractivity contribution in [3.05, 3.63) is 103 Å². The van der Waals surface area contributed by atoms with E-state index in [2.05, 4.69) is 15.6 Å². The first kappa shape index (κ1) is 34.3. The van der Waals surface area contributed by atoms with Gasteiger partial charge in [0.1, 0.15) is 17.8 Å². The Labute approximate surface area is 284 Å². The Balaban J connectivity index is 0.00000139. The van der Waals surface area contributed by atoms with Gasteiger partial charge in [-0.15, -0.1) is 23.2 Å². The molecule has 2 atom stereocenters. The largest absolute Gasteiger partial charge is 0.497 e. The van der Waals surface area contributed by atoms with Gasteiger partial charge in [0, 0.05) is 41.8 Å². The summed E-state index contributed by atoms with van der Waals surface area (Å²) in [5.74, 6) is -0.486. The molecule has 1 fully saturated rings. The first-order valence-corrected chi connectivity index (χ1v) is 17.7. The number of para-hydroxylation sites is 1.